The van der Waals surface area contributed by atoms with Crippen molar-refractivity contribution in [2.24, 2.45) is 5.92 Å². The lowest BCUT2D eigenvalue weighted by Crippen LogP contribution is -2.17. The second kappa shape index (κ2) is 5.38. The largest absolute Gasteiger partial charge is 0.417 e. The monoisotopic (exact) mass is 309 g/mol. The van der Waals surface area contributed by atoms with Crippen molar-refractivity contribution in [3.05, 3.63) is 29.6 Å². The normalized spacial score (nSPS) is 16.0. The maximum absolute atomic E-state index is 12.4. The van der Waals surface area contributed by atoms with E-state index in [4.69, 9.17) is 0 Å². The van der Waals surface area contributed by atoms with Crippen LogP contribution < -0.4 is 0 Å². The Labute approximate surface area is 108 Å². The molecule has 0 amide bonds. The first kappa shape index (κ1) is 14.5. The maximum Gasteiger partial charge on any atom is 0.417 e. The first-order valence-corrected chi connectivity index (χ1v) is 6.32. The average molecular weight is 310 g/mol. The summed E-state index contributed by atoms with van der Waals surface area (Å²) in [7, 11) is 0. The maximum atomic E-state index is 12.4. The summed E-state index contributed by atoms with van der Waals surface area (Å²) in [4.78, 5) is 4.11. The van der Waals surface area contributed by atoms with Gasteiger partial charge >= 0.3 is 6.18 Å². The first-order valence-electron chi connectivity index (χ1n) is 5.40. The van der Waals surface area contributed by atoms with Gasteiger partial charge in [0.05, 0.1) is 5.56 Å². The van der Waals surface area contributed by atoms with E-state index in [1.54, 1.807) is 0 Å². The number of halogens is 4. The molecule has 0 aliphatic rings. The zero-order chi connectivity index (χ0) is 13.2. The fourth-order valence-electron chi connectivity index (χ4n) is 1.88. The Morgan fingerprint density at radius 1 is 1.18 bits per heavy atom. The van der Waals surface area contributed by atoms with Crippen LogP contribution in [0.25, 0.3) is 0 Å². The first-order chi connectivity index (χ1) is 7.73. The third-order valence-corrected chi connectivity index (χ3v) is 3.24. The molecule has 1 rings (SSSR count). The van der Waals surface area contributed by atoms with Gasteiger partial charge in [-0.3, -0.25) is 4.98 Å². The Balaban J connectivity index is 3.01. The van der Waals surface area contributed by atoms with E-state index in [1.807, 2.05) is 20.8 Å². The van der Waals surface area contributed by atoms with Gasteiger partial charge in [0, 0.05) is 22.6 Å². The standard InChI is InChI=1S/C12H15BrF3N/c1-7(2)11(8(3)13)10-5-4-9(6-17-10)12(14,15)16/h4-8,11H,1-3H3. The van der Waals surface area contributed by atoms with Gasteiger partial charge in [-0.05, 0) is 18.1 Å². The van der Waals surface area contributed by atoms with Crippen molar-refractivity contribution in [1.29, 1.82) is 0 Å². The van der Waals surface area contributed by atoms with E-state index in [-0.39, 0.29) is 10.7 Å². The summed E-state index contributed by atoms with van der Waals surface area (Å²) in [5.41, 5.74) is -0.0108. The Bertz CT molecular complexity index is 349. The molecule has 0 aliphatic heterocycles. The van der Waals surface area contributed by atoms with E-state index in [9.17, 15) is 13.2 Å². The van der Waals surface area contributed by atoms with Crippen molar-refractivity contribution in [3.63, 3.8) is 0 Å². The van der Waals surface area contributed by atoms with E-state index in [1.165, 1.54) is 6.07 Å². The molecule has 0 N–H and O–H groups in total. The molecule has 0 saturated carbocycles. The molecule has 5 heteroatoms. The van der Waals surface area contributed by atoms with Crippen molar-refractivity contribution < 1.29 is 13.2 Å². The highest BCUT2D eigenvalue weighted by Gasteiger charge is 2.31. The van der Waals surface area contributed by atoms with Gasteiger partial charge in [0.15, 0.2) is 0 Å². The van der Waals surface area contributed by atoms with E-state index in [2.05, 4.69) is 20.9 Å². The quantitative estimate of drug-likeness (QED) is 0.742. The van der Waals surface area contributed by atoms with Gasteiger partial charge in [0.1, 0.15) is 0 Å². The summed E-state index contributed by atoms with van der Waals surface area (Å²) in [6, 6.07) is 2.55. The van der Waals surface area contributed by atoms with Crippen LogP contribution in [0.15, 0.2) is 18.3 Å². The van der Waals surface area contributed by atoms with Crippen LogP contribution in [0.3, 0.4) is 0 Å². The van der Waals surface area contributed by atoms with Gasteiger partial charge < -0.3 is 0 Å². The number of pyridine rings is 1. The number of aromatic nitrogens is 1. The molecule has 1 nitrogen and oxygen atoms in total. The molecular weight excluding hydrogens is 295 g/mol. The minimum atomic E-state index is -4.32. The van der Waals surface area contributed by atoms with Crippen molar-refractivity contribution >= 4 is 15.9 Å². The summed E-state index contributed by atoms with van der Waals surface area (Å²) in [6.45, 7) is 6.04. The number of nitrogens with zero attached hydrogens (tertiary/aromatic N) is 1. The minimum Gasteiger partial charge on any atom is -0.260 e. The second-order valence-electron chi connectivity index (χ2n) is 4.42. The Hall–Kier alpha value is -0.580. The van der Waals surface area contributed by atoms with Crippen molar-refractivity contribution in [2.45, 2.75) is 37.7 Å². The van der Waals surface area contributed by atoms with Crippen LogP contribution in [0.2, 0.25) is 0 Å². The smallest absolute Gasteiger partial charge is 0.260 e. The Morgan fingerprint density at radius 2 is 1.76 bits per heavy atom. The van der Waals surface area contributed by atoms with Crippen molar-refractivity contribution in [2.75, 3.05) is 0 Å². The Morgan fingerprint density at radius 3 is 2.06 bits per heavy atom. The molecular formula is C12H15BrF3N. The molecule has 0 fully saturated rings. The van der Waals surface area contributed by atoms with Crippen LogP contribution in [0.1, 0.15) is 37.9 Å². The minimum absolute atomic E-state index is 0.109. The van der Waals surface area contributed by atoms with E-state index in [0.29, 0.717) is 11.6 Å². The number of hydrogen-bond donors (Lipinski definition) is 0. The van der Waals surface area contributed by atoms with Gasteiger partial charge in [0.25, 0.3) is 0 Å². The number of hydrogen-bond acceptors (Lipinski definition) is 1. The van der Waals surface area contributed by atoms with Crippen molar-refractivity contribution in [3.8, 4) is 0 Å². The summed E-state index contributed by atoms with van der Waals surface area (Å²) in [5.74, 6) is 0.422. The number of rotatable bonds is 3. The zero-order valence-electron chi connectivity index (χ0n) is 9.92. The molecule has 0 saturated heterocycles. The van der Waals surface area contributed by atoms with E-state index >= 15 is 0 Å². The van der Waals surface area contributed by atoms with Crippen LogP contribution in [0.4, 0.5) is 13.2 Å². The highest BCUT2D eigenvalue weighted by molar-refractivity contribution is 9.09. The van der Waals surface area contributed by atoms with Crippen LogP contribution in [-0.4, -0.2) is 9.81 Å². The van der Waals surface area contributed by atoms with E-state index in [0.717, 1.165) is 12.3 Å². The summed E-state index contributed by atoms with van der Waals surface area (Å²) in [5, 5.41) is 0. The molecule has 2 atom stereocenters. The summed E-state index contributed by atoms with van der Waals surface area (Å²) >= 11 is 3.47. The lowest BCUT2D eigenvalue weighted by atomic mass is 9.89. The van der Waals surface area contributed by atoms with Crippen molar-refractivity contribution in [1.82, 2.24) is 4.98 Å². The van der Waals surface area contributed by atoms with Crippen LogP contribution in [0, 0.1) is 5.92 Å². The van der Waals surface area contributed by atoms with Crippen LogP contribution in [0.5, 0.6) is 0 Å². The highest BCUT2D eigenvalue weighted by Crippen LogP contribution is 2.33. The molecule has 1 aromatic rings. The van der Waals surface area contributed by atoms with Gasteiger partial charge in [0.2, 0.25) is 0 Å². The Kier molecular flexibility index (Phi) is 4.58. The van der Waals surface area contributed by atoms with Gasteiger partial charge in [-0.15, -0.1) is 0 Å². The molecule has 1 aromatic heterocycles. The van der Waals surface area contributed by atoms with Crippen LogP contribution >= 0.6 is 15.9 Å². The predicted octanol–water partition coefficient (Wildman–Crippen LogP) is 4.62. The summed E-state index contributed by atoms with van der Waals surface area (Å²) in [6.07, 6.45) is -3.42. The molecule has 0 radical (unpaired) electrons. The average Bonchev–Trinajstić information content (AvgIpc) is 2.15. The molecule has 2 unspecified atom stereocenters. The molecule has 0 spiro atoms. The molecule has 0 bridgehead atoms. The summed E-state index contributed by atoms with van der Waals surface area (Å²) < 4.78 is 37.2. The molecule has 0 aromatic carbocycles. The molecule has 1 heterocycles. The third-order valence-electron chi connectivity index (χ3n) is 2.67. The SMILES string of the molecule is CC(C)C(c1ccc(C(F)(F)F)cn1)C(C)Br. The van der Waals surface area contributed by atoms with Gasteiger partial charge in [-0.2, -0.15) is 13.2 Å². The lowest BCUT2D eigenvalue weighted by molar-refractivity contribution is -0.137. The van der Waals surface area contributed by atoms with Gasteiger partial charge in [-0.25, -0.2) is 0 Å². The molecule has 0 aliphatic carbocycles. The fraction of sp³-hybridized carbons (Fsp3) is 0.583. The molecule has 96 valence electrons. The topological polar surface area (TPSA) is 12.9 Å². The highest BCUT2D eigenvalue weighted by atomic mass is 79.9. The van der Waals surface area contributed by atoms with E-state index < -0.39 is 11.7 Å². The fourth-order valence-corrected chi connectivity index (χ4v) is 2.76. The van der Waals surface area contributed by atoms with Crippen LogP contribution in [-0.2, 0) is 6.18 Å². The molecule has 17 heavy (non-hydrogen) atoms. The predicted molar refractivity (Wildman–Crippen MR) is 65.2 cm³/mol. The lowest BCUT2D eigenvalue weighted by Gasteiger charge is -2.23. The second-order valence-corrected chi connectivity index (χ2v) is 5.86. The van der Waals surface area contributed by atoms with Gasteiger partial charge in [-0.1, -0.05) is 36.7 Å². The number of alkyl halides is 4. The zero-order valence-corrected chi connectivity index (χ0v) is 11.5. The third kappa shape index (κ3) is 3.69.